The van der Waals surface area contributed by atoms with Crippen LogP contribution in [0.5, 0.6) is 5.75 Å². The van der Waals surface area contributed by atoms with Gasteiger partial charge in [0.2, 0.25) is 0 Å². The number of hydrogen-bond acceptors (Lipinski definition) is 3. The summed E-state index contributed by atoms with van der Waals surface area (Å²) >= 11 is 5.02. The van der Waals surface area contributed by atoms with E-state index in [1.165, 1.54) is 0 Å². The molecule has 0 saturated heterocycles. The molecule has 1 heterocycles. The number of hydrogen-bond donors (Lipinski definition) is 1. The SMILES string of the molecule is N#Cc1cc(-c2sccc2Br)ccc1O. The fourth-order valence-electron chi connectivity index (χ4n) is 1.27. The van der Waals surface area contributed by atoms with E-state index in [4.69, 9.17) is 5.26 Å². The summed E-state index contributed by atoms with van der Waals surface area (Å²) in [5.74, 6) is 0.0222. The fraction of sp³-hybridized carbons (Fsp3) is 0. The number of phenols is 1. The van der Waals surface area contributed by atoms with Crippen molar-refractivity contribution in [2.75, 3.05) is 0 Å². The monoisotopic (exact) mass is 279 g/mol. The molecule has 0 spiro atoms. The molecule has 2 aromatic rings. The molecule has 74 valence electrons. The van der Waals surface area contributed by atoms with Crippen molar-refractivity contribution >= 4 is 27.3 Å². The first-order valence-electron chi connectivity index (χ1n) is 4.19. The average Bonchev–Trinajstić information content (AvgIpc) is 2.65. The molecule has 1 aromatic carbocycles. The Balaban J connectivity index is 2.57. The van der Waals surface area contributed by atoms with E-state index in [2.05, 4.69) is 15.9 Å². The second-order valence-corrected chi connectivity index (χ2v) is 4.71. The highest BCUT2D eigenvalue weighted by atomic mass is 79.9. The van der Waals surface area contributed by atoms with Gasteiger partial charge in [-0.15, -0.1) is 11.3 Å². The Bertz CT molecular complexity index is 542. The fourth-order valence-corrected chi connectivity index (χ4v) is 2.87. The number of phenolic OH excluding ortho intramolecular Hbond substituents is 1. The van der Waals surface area contributed by atoms with Crippen LogP contribution in [0.25, 0.3) is 10.4 Å². The Morgan fingerprint density at radius 2 is 2.13 bits per heavy atom. The minimum absolute atomic E-state index is 0.0222. The van der Waals surface area contributed by atoms with Gasteiger partial charge in [-0.3, -0.25) is 0 Å². The average molecular weight is 280 g/mol. The van der Waals surface area contributed by atoms with Crippen LogP contribution in [0.1, 0.15) is 5.56 Å². The number of nitrogens with zero attached hydrogens (tertiary/aromatic N) is 1. The maximum absolute atomic E-state index is 9.37. The van der Waals surface area contributed by atoms with Gasteiger partial charge < -0.3 is 5.11 Å². The van der Waals surface area contributed by atoms with Gasteiger partial charge in [-0.2, -0.15) is 5.26 Å². The normalized spacial score (nSPS) is 9.87. The van der Waals surface area contributed by atoms with E-state index < -0.39 is 0 Å². The number of benzene rings is 1. The number of rotatable bonds is 1. The van der Waals surface area contributed by atoms with Crippen molar-refractivity contribution in [2.45, 2.75) is 0 Å². The van der Waals surface area contributed by atoms with Gasteiger partial charge in [0, 0.05) is 9.35 Å². The molecule has 0 aliphatic carbocycles. The molecule has 0 saturated carbocycles. The van der Waals surface area contributed by atoms with Gasteiger partial charge in [0.05, 0.1) is 5.56 Å². The molecular weight excluding hydrogens is 274 g/mol. The van der Waals surface area contributed by atoms with Crippen LogP contribution in [0.3, 0.4) is 0 Å². The zero-order chi connectivity index (χ0) is 10.8. The number of nitriles is 1. The van der Waals surface area contributed by atoms with Crippen LogP contribution < -0.4 is 0 Å². The van der Waals surface area contributed by atoms with Gasteiger partial charge in [0.15, 0.2) is 0 Å². The van der Waals surface area contributed by atoms with Crippen LogP contribution in [-0.2, 0) is 0 Å². The van der Waals surface area contributed by atoms with E-state index in [9.17, 15) is 5.11 Å². The maximum atomic E-state index is 9.37. The summed E-state index contributed by atoms with van der Waals surface area (Å²) in [6.07, 6.45) is 0. The molecule has 0 fully saturated rings. The molecule has 0 atom stereocenters. The Morgan fingerprint density at radius 3 is 2.73 bits per heavy atom. The van der Waals surface area contributed by atoms with Crippen molar-refractivity contribution in [3.63, 3.8) is 0 Å². The van der Waals surface area contributed by atoms with Crippen LogP contribution >= 0.6 is 27.3 Å². The molecule has 0 radical (unpaired) electrons. The van der Waals surface area contributed by atoms with Gasteiger partial charge in [0.1, 0.15) is 11.8 Å². The summed E-state index contributed by atoms with van der Waals surface area (Å²) < 4.78 is 1.00. The van der Waals surface area contributed by atoms with E-state index in [0.717, 1.165) is 14.9 Å². The van der Waals surface area contributed by atoms with Crippen LogP contribution in [0, 0.1) is 11.3 Å². The minimum Gasteiger partial charge on any atom is -0.507 e. The highest BCUT2D eigenvalue weighted by molar-refractivity contribution is 9.10. The molecule has 0 amide bonds. The van der Waals surface area contributed by atoms with Crippen LogP contribution in [0.2, 0.25) is 0 Å². The molecular formula is C11H6BrNOS. The van der Waals surface area contributed by atoms with Gasteiger partial charge in [0.25, 0.3) is 0 Å². The molecule has 1 aromatic heterocycles. The lowest BCUT2D eigenvalue weighted by Crippen LogP contribution is -1.79. The van der Waals surface area contributed by atoms with Crippen molar-refractivity contribution in [1.29, 1.82) is 5.26 Å². The quantitative estimate of drug-likeness (QED) is 0.864. The van der Waals surface area contributed by atoms with E-state index in [-0.39, 0.29) is 5.75 Å². The zero-order valence-corrected chi connectivity index (χ0v) is 9.97. The standard InChI is InChI=1S/C11H6BrNOS/c12-9-3-4-15-11(9)7-1-2-10(14)8(5-7)6-13/h1-5,14H. The molecule has 0 bridgehead atoms. The lowest BCUT2D eigenvalue weighted by Gasteiger charge is -2.01. The van der Waals surface area contributed by atoms with E-state index in [1.807, 2.05) is 17.5 Å². The van der Waals surface area contributed by atoms with E-state index in [1.54, 1.807) is 29.5 Å². The maximum Gasteiger partial charge on any atom is 0.133 e. The molecule has 4 heteroatoms. The third kappa shape index (κ3) is 1.89. The first-order chi connectivity index (χ1) is 7.22. The molecule has 1 N–H and O–H groups in total. The van der Waals surface area contributed by atoms with Crippen molar-refractivity contribution in [2.24, 2.45) is 0 Å². The van der Waals surface area contributed by atoms with Crippen molar-refractivity contribution < 1.29 is 5.11 Å². The highest BCUT2D eigenvalue weighted by Crippen LogP contribution is 2.35. The van der Waals surface area contributed by atoms with Gasteiger partial charge >= 0.3 is 0 Å². The summed E-state index contributed by atoms with van der Waals surface area (Å²) in [6, 6.07) is 8.94. The number of aromatic hydroxyl groups is 1. The molecule has 15 heavy (non-hydrogen) atoms. The first kappa shape index (κ1) is 10.2. The largest absolute Gasteiger partial charge is 0.507 e. The Hall–Kier alpha value is -1.31. The third-order valence-electron chi connectivity index (χ3n) is 2.00. The molecule has 0 aliphatic rings. The van der Waals surface area contributed by atoms with Crippen LogP contribution in [0.15, 0.2) is 34.1 Å². The van der Waals surface area contributed by atoms with E-state index >= 15 is 0 Å². The molecule has 2 rings (SSSR count). The molecule has 0 aliphatic heterocycles. The molecule has 0 unspecified atom stereocenters. The second-order valence-electron chi connectivity index (χ2n) is 2.94. The first-order valence-corrected chi connectivity index (χ1v) is 5.86. The lowest BCUT2D eigenvalue weighted by atomic mass is 10.1. The Labute approximate surface area is 99.5 Å². The smallest absolute Gasteiger partial charge is 0.133 e. The summed E-state index contributed by atoms with van der Waals surface area (Å²) in [5, 5.41) is 20.1. The predicted octanol–water partition coefficient (Wildman–Crippen LogP) is 3.75. The molecule has 2 nitrogen and oxygen atoms in total. The van der Waals surface area contributed by atoms with Crippen molar-refractivity contribution in [3.05, 3.63) is 39.7 Å². The number of thiophene rings is 1. The Morgan fingerprint density at radius 1 is 1.33 bits per heavy atom. The lowest BCUT2D eigenvalue weighted by molar-refractivity contribution is 0.473. The number of halogens is 1. The minimum atomic E-state index is 0.0222. The van der Waals surface area contributed by atoms with Gasteiger partial charge in [-0.25, -0.2) is 0 Å². The van der Waals surface area contributed by atoms with Crippen molar-refractivity contribution in [1.82, 2.24) is 0 Å². The summed E-state index contributed by atoms with van der Waals surface area (Å²) in [7, 11) is 0. The zero-order valence-electron chi connectivity index (χ0n) is 7.57. The van der Waals surface area contributed by atoms with E-state index in [0.29, 0.717) is 5.56 Å². The summed E-state index contributed by atoms with van der Waals surface area (Å²) in [4.78, 5) is 1.06. The predicted molar refractivity (Wildman–Crippen MR) is 63.8 cm³/mol. The van der Waals surface area contributed by atoms with Crippen LogP contribution in [-0.4, -0.2) is 5.11 Å². The highest BCUT2D eigenvalue weighted by Gasteiger charge is 2.07. The van der Waals surface area contributed by atoms with Crippen LogP contribution in [0.4, 0.5) is 0 Å². The summed E-state index contributed by atoms with van der Waals surface area (Å²) in [5.41, 5.74) is 1.24. The summed E-state index contributed by atoms with van der Waals surface area (Å²) in [6.45, 7) is 0. The second kappa shape index (κ2) is 4.05. The topological polar surface area (TPSA) is 44.0 Å². The third-order valence-corrected chi connectivity index (χ3v) is 3.88. The van der Waals surface area contributed by atoms with Gasteiger partial charge in [-0.1, -0.05) is 0 Å². The van der Waals surface area contributed by atoms with Gasteiger partial charge in [-0.05, 0) is 51.1 Å². The van der Waals surface area contributed by atoms with Crippen molar-refractivity contribution in [3.8, 4) is 22.3 Å². The Kier molecular flexibility index (Phi) is 2.76.